The molecular formula is C13H15BrClN3O2S. The van der Waals surface area contributed by atoms with Gasteiger partial charge < -0.3 is 5.73 Å². The molecule has 1 aromatic heterocycles. The third kappa shape index (κ3) is 2.93. The van der Waals surface area contributed by atoms with Crippen molar-refractivity contribution in [3.63, 3.8) is 0 Å². The van der Waals surface area contributed by atoms with Crippen LogP contribution in [0.15, 0.2) is 40.0 Å². The van der Waals surface area contributed by atoms with Crippen molar-refractivity contribution in [3.8, 4) is 0 Å². The number of hydrogen-bond acceptors (Lipinski definition) is 4. The molecule has 1 saturated heterocycles. The molecule has 0 aliphatic carbocycles. The van der Waals surface area contributed by atoms with E-state index in [0.29, 0.717) is 34.3 Å². The average Bonchev–Trinajstić information content (AvgIpc) is 2.86. The number of halogens is 2. The molecule has 0 radical (unpaired) electrons. The van der Waals surface area contributed by atoms with Crippen molar-refractivity contribution in [2.45, 2.75) is 17.4 Å². The molecule has 1 aliphatic rings. The molecule has 0 spiro atoms. The molecule has 1 fully saturated rings. The van der Waals surface area contributed by atoms with Gasteiger partial charge in [0.05, 0.1) is 4.90 Å². The molecule has 2 N–H and O–H groups in total. The van der Waals surface area contributed by atoms with Crippen LogP contribution in [0.1, 0.15) is 6.42 Å². The number of sulfonamides is 1. The first-order valence-corrected chi connectivity index (χ1v) is 8.51. The van der Waals surface area contributed by atoms with Crippen LogP contribution >= 0.6 is 28.3 Å². The number of aromatic nitrogens is 1. The number of nitrogens with two attached hydrogens (primary N) is 1. The van der Waals surface area contributed by atoms with E-state index in [0.717, 1.165) is 5.39 Å². The molecular weight excluding hydrogens is 378 g/mol. The van der Waals surface area contributed by atoms with Gasteiger partial charge in [0.15, 0.2) is 0 Å². The van der Waals surface area contributed by atoms with Crippen molar-refractivity contribution in [1.29, 1.82) is 0 Å². The maximum Gasteiger partial charge on any atom is 0.243 e. The van der Waals surface area contributed by atoms with Crippen LogP contribution in [0.25, 0.3) is 10.8 Å². The lowest BCUT2D eigenvalue weighted by atomic mass is 10.2. The van der Waals surface area contributed by atoms with Gasteiger partial charge in [0.2, 0.25) is 10.0 Å². The van der Waals surface area contributed by atoms with Crippen molar-refractivity contribution in [3.05, 3.63) is 35.1 Å². The molecule has 0 bridgehead atoms. The van der Waals surface area contributed by atoms with Crippen molar-refractivity contribution < 1.29 is 8.42 Å². The number of fused-ring (bicyclic) bond motifs is 1. The monoisotopic (exact) mass is 391 g/mol. The number of nitrogens with zero attached hydrogens (tertiary/aromatic N) is 2. The fourth-order valence-electron chi connectivity index (χ4n) is 2.49. The van der Waals surface area contributed by atoms with Crippen LogP contribution in [0.5, 0.6) is 0 Å². The highest BCUT2D eigenvalue weighted by Gasteiger charge is 2.32. The highest BCUT2D eigenvalue weighted by molar-refractivity contribution is 9.10. The first-order valence-electron chi connectivity index (χ1n) is 6.28. The van der Waals surface area contributed by atoms with Gasteiger partial charge in [-0.2, -0.15) is 4.31 Å². The molecule has 0 saturated carbocycles. The molecule has 3 rings (SSSR count). The third-order valence-corrected chi connectivity index (χ3v) is 6.01. The fourth-order valence-corrected chi connectivity index (χ4v) is 4.93. The van der Waals surface area contributed by atoms with Gasteiger partial charge >= 0.3 is 0 Å². The topological polar surface area (TPSA) is 76.3 Å². The van der Waals surface area contributed by atoms with Gasteiger partial charge in [0, 0.05) is 46.8 Å². The Labute approximate surface area is 138 Å². The van der Waals surface area contributed by atoms with Crippen molar-refractivity contribution in [1.82, 2.24) is 9.29 Å². The maximum atomic E-state index is 12.8. The molecule has 1 aromatic carbocycles. The summed E-state index contributed by atoms with van der Waals surface area (Å²) in [5.74, 6) is 0. The largest absolute Gasteiger partial charge is 0.326 e. The highest BCUT2D eigenvalue weighted by atomic mass is 79.9. The summed E-state index contributed by atoms with van der Waals surface area (Å²) in [5, 5.41) is 1.46. The Morgan fingerprint density at radius 3 is 2.76 bits per heavy atom. The predicted octanol–water partition coefficient (Wildman–Crippen LogP) is 2.14. The molecule has 8 heteroatoms. The van der Waals surface area contributed by atoms with E-state index in [4.69, 9.17) is 5.73 Å². The Morgan fingerprint density at radius 2 is 2.10 bits per heavy atom. The third-order valence-electron chi connectivity index (χ3n) is 3.50. The van der Waals surface area contributed by atoms with E-state index in [2.05, 4.69) is 20.9 Å². The van der Waals surface area contributed by atoms with Gasteiger partial charge in [-0.15, -0.1) is 12.4 Å². The molecule has 0 amide bonds. The van der Waals surface area contributed by atoms with E-state index >= 15 is 0 Å². The molecule has 21 heavy (non-hydrogen) atoms. The lowest BCUT2D eigenvalue weighted by molar-refractivity contribution is 0.473. The molecule has 2 aromatic rings. The minimum Gasteiger partial charge on any atom is -0.326 e. The standard InChI is InChI=1S/C13H14BrN3O2S.ClH/c14-11-7-16-6-9-2-1-3-12(13(9)11)20(18,19)17-5-4-10(15)8-17;/h1-3,6-7,10H,4-5,8,15H2;1H/t10-;/m0./s1. The van der Waals surface area contributed by atoms with Crippen LogP contribution in [0.3, 0.4) is 0 Å². The zero-order valence-corrected chi connectivity index (χ0v) is 14.3. The lowest BCUT2D eigenvalue weighted by Gasteiger charge is -2.17. The van der Waals surface area contributed by atoms with Gasteiger partial charge in [0.1, 0.15) is 0 Å². The zero-order valence-electron chi connectivity index (χ0n) is 11.1. The van der Waals surface area contributed by atoms with Crippen molar-refractivity contribution >= 4 is 49.1 Å². The van der Waals surface area contributed by atoms with Gasteiger partial charge in [0.25, 0.3) is 0 Å². The minimum absolute atomic E-state index is 0. The van der Waals surface area contributed by atoms with Crippen LogP contribution in [0.2, 0.25) is 0 Å². The highest BCUT2D eigenvalue weighted by Crippen LogP contribution is 2.31. The summed E-state index contributed by atoms with van der Waals surface area (Å²) in [6.07, 6.45) is 3.97. The first kappa shape index (κ1) is 16.6. The van der Waals surface area contributed by atoms with Crippen molar-refractivity contribution in [2.75, 3.05) is 13.1 Å². The first-order chi connectivity index (χ1) is 9.50. The average molecular weight is 393 g/mol. The second-order valence-corrected chi connectivity index (χ2v) is 7.65. The molecule has 5 nitrogen and oxygen atoms in total. The van der Waals surface area contributed by atoms with E-state index < -0.39 is 10.0 Å². The second kappa shape index (κ2) is 6.18. The summed E-state index contributed by atoms with van der Waals surface area (Å²) < 4.78 is 27.7. The summed E-state index contributed by atoms with van der Waals surface area (Å²) >= 11 is 3.39. The van der Waals surface area contributed by atoms with E-state index in [1.165, 1.54) is 4.31 Å². The SMILES string of the molecule is Cl.N[C@H]1CCN(S(=O)(=O)c2cccc3cncc(Br)c23)C1. The predicted molar refractivity (Wildman–Crippen MR) is 88.0 cm³/mol. The van der Waals surface area contributed by atoms with Crippen LogP contribution in [0, 0.1) is 0 Å². The summed E-state index contributed by atoms with van der Waals surface area (Å²) in [7, 11) is -3.53. The molecule has 0 unspecified atom stereocenters. The van der Waals surface area contributed by atoms with Gasteiger partial charge in [-0.3, -0.25) is 4.98 Å². The Balaban J connectivity index is 0.00000161. The number of pyridine rings is 1. The smallest absolute Gasteiger partial charge is 0.243 e. The maximum absolute atomic E-state index is 12.8. The summed E-state index contributed by atoms with van der Waals surface area (Å²) in [5.41, 5.74) is 5.82. The Hall–Kier alpha value is -0.730. The minimum atomic E-state index is -3.53. The summed E-state index contributed by atoms with van der Waals surface area (Å²) in [6.45, 7) is 0.851. The normalized spacial score (nSPS) is 19.6. The van der Waals surface area contributed by atoms with Crippen LogP contribution in [0.4, 0.5) is 0 Å². The van der Waals surface area contributed by atoms with Gasteiger partial charge in [-0.1, -0.05) is 12.1 Å². The molecule has 1 aliphatic heterocycles. The number of rotatable bonds is 2. The van der Waals surface area contributed by atoms with E-state index in [1.807, 2.05) is 6.07 Å². The van der Waals surface area contributed by atoms with Gasteiger partial charge in [-0.05, 0) is 28.4 Å². The summed E-state index contributed by atoms with van der Waals surface area (Å²) in [6, 6.07) is 5.14. The Kier molecular flexibility index (Phi) is 4.89. The molecule has 114 valence electrons. The Morgan fingerprint density at radius 1 is 1.33 bits per heavy atom. The number of benzene rings is 1. The zero-order chi connectivity index (χ0) is 14.3. The van der Waals surface area contributed by atoms with Crippen LogP contribution < -0.4 is 5.73 Å². The van der Waals surface area contributed by atoms with Crippen LogP contribution in [-0.2, 0) is 10.0 Å². The van der Waals surface area contributed by atoms with Gasteiger partial charge in [-0.25, -0.2) is 8.42 Å². The van der Waals surface area contributed by atoms with Crippen molar-refractivity contribution in [2.24, 2.45) is 5.73 Å². The van der Waals surface area contributed by atoms with E-state index in [9.17, 15) is 8.42 Å². The molecule has 1 atom stereocenters. The van der Waals surface area contributed by atoms with E-state index in [1.54, 1.807) is 24.5 Å². The number of hydrogen-bond donors (Lipinski definition) is 1. The van der Waals surface area contributed by atoms with E-state index in [-0.39, 0.29) is 18.4 Å². The lowest BCUT2D eigenvalue weighted by Crippen LogP contribution is -2.32. The molecule has 2 heterocycles. The second-order valence-electron chi connectivity index (χ2n) is 4.89. The Bertz CT molecular complexity index is 764. The summed E-state index contributed by atoms with van der Waals surface area (Å²) in [4.78, 5) is 4.37. The van der Waals surface area contributed by atoms with Crippen LogP contribution in [-0.4, -0.2) is 36.8 Å². The quantitative estimate of drug-likeness (QED) is 0.849. The fraction of sp³-hybridized carbons (Fsp3) is 0.308.